The Labute approximate surface area is 112 Å². The fourth-order valence-electron chi connectivity index (χ4n) is 1.74. The van der Waals surface area contributed by atoms with Gasteiger partial charge in [-0.25, -0.2) is 4.39 Å². The van der Waals surface area contributed by atoms with Crippen molar-refractivity contribution in [3.8, 4) is 0 Å². The van der Waals surface area contributed by atoms with Crippen LogP contribution in [0.5, 0.6) is 0 Å². The van der Waals surface area contributed by atoms with Crippen molar-refractivity contribution in [3.63, 3.8) is 0 Å². The lowest BCUT2D eigenvalue weighted by molar-refractivity contribution is 0.624. The topological polar surface area (TPSA) is 48.0 Å². The first kappa shape index (κ1) is 12.8. The minimum Gasteiger partial charge on any atom is -0.394 e. The molecule has 0 atom stereocenters. The van der Waals surface area contributed by atoms with Crippen molar-refractivity contribution in [1.82, 2.24) is 4.57 Å². The SMILES string of the molecule is Cc1cc(F)ccc1Cn1cc(N)c(=O)c(Br)c1. The van der Waals surface area contributed by atoms with E-state index in [-0.39, 0.29) is 16.9 Å². The van der Waals surface area contributed by atoms with Crippen LogP contribution in [0, 0.1) is 12.7 Å². The van der Waals surface area contributed by atoms with E-state index in [2.05, 4.69) is 15.9 Å². The summed E-state index contributed by atoms with van der Waals surface area (Å²) in [5, 5.41) is 0. The molecule has 0 aliphatic rings. The molecule has 0 fully saturated rings. The fourth-order valence-corrected chi connectivity index (χ4v) is 2.23. The van der Waals surface area contributed by atoms with E-state index in [4.69, 9.17) is 5.73 Å². The average Bonchev–Trinajstić information content (AvgIpc) is 2.29. The number of nitrogens with two attached hydrogens (primary N) is 1. The summed E-state index contributed by atoms with van der Waals surface area (Å²) in [6.07, 6.45) is 3.25. The molecule has 1 aromatic carbocycles. The summed E-state index contributed by atoms with van der Waals surface area (Å²) in [4.78, 5) is 11.4. The van der Waals surface area contributed by atoms with Crippen LogP contribution in [0.1, 0.15) is 11.1 Å². The Kier molecular flexibility index (Phi) is 3.52. The lowest BCUT2D eigenvalue weighted by Gasteiger charge is -2.10. The smallest absolute Gasteiger partial charge is 0.218 e. The highest BCUT2D eigenvalue weighted by Gasteiger charge is 2.05. The number of aryl methyl sites for hydroxylation is 1. The maximum atomic E-state index is 13.0. The van der Waals surface area contributed by atoms with Gasteiger partial charge in [0.1, 0.15) is 5.82 Å². The second-order valence-corrected chi connectivity index (χ2v) is 4.99. The van der Waals surface area contributed by atoms with Gasteiger partial charge in [-0.3, -0.25) is 4.79 Å². The molecule has 5 heteroatoms. The van der Waals surface area contributed by atoms with E-state index in [1.54, 1.807) is 23.0 Å². The second kappa shape index (κ2) is 4.94. The van der Waals surface area contributed by atoms with E-state index in [0.717, 1.165) is 11.1 Å². The van der Waals surface area contributed by atoms with E-state index in [1.807, 2.05) is 6.92 Å². The Balaban J connectivity index is 2.37. The monoisotopic (exact) mass is 310 g/mol. The molecular weight excluding hydrogens is 299 g/mol. The van der Waals surface area contributed by atoms with Crippen molar-refractivity contribution in [2.75, 3.05) is 5.73 Å². The fraction of sp³-hybridized carbons (Fsp3) is 0.154. The van der Waals surface area contributed by atoms with Crippen molar-refractivity contribution >= 4 is 21.6 Å². The molecule has 0 radical (unpaired) electrons. The summed E-state index contributed by atoms with van der Waals surface area (Å²) < 4.78 is 15.2. The second-order valence-electron chi connectivity index (χ2n) is 4.13. The Hall–Kier alpha value is -1.62. The van der Waals surface area contributed by atoms with E-state index in [0.29, 0.717) is 11.0 Å². The van der Waals surface area contributed by atoms with Gasteiger partial charge in [0.05, 0.1) is 10.2 Å². The molecule has 1 heterocycles. The van der Waals surface area contributed by atoms with Crippen molar-refractivity contribution in [1.29, 1.82) is 0 Å². The molecular formula is C13H12BrFN2O. The molecule has 0 aliphatic heterocycles. The van der Waals surface area contributed by atoms with Crippen molar-refractivity contribution in [3.05, 3.63) is 62.2 Å². The Morgan fingerprint density at radius 1 is 1.39 bits per heavy atom. The number of hydrogen-bond donors (Lipinski definition) is 1. The molecule has 0 bridgehead atoms. The number of nitrogen functional groups attached to an aromatic ring is 1. The number of aromatic nitrogens is 1. The molecule has 2 N–H and O–H groups in total. The van der Waals surface area contributed by atoms with Crippen LogP contribution < -0.4 is 11.2 Å². The summed E-state index contributed by atoms with van der Waals surface area (Å²) in [6, 6.07) is 4.63. The van der Waals surface area contributed by atoms with Gasteiger partial charge in [-0.1, -0.05) is 6.07 Å². The van der Waals surface area contributed by atoms with Crippen LogP contribution >= 0.6 is 15.9 Å². The number of nitrogens with zero attached hydrogens (tertiary/aromatic N) is 1. The zero-order valence-corrected chi connectivity index (χ0v) is 11.4. The normalized spacial score (nSPS) is 10.6. The molecule has 3 nitrogen and oxygen atoms in total. The quantitative estimate of drug-likeness (QED) is 0.927. The number of rotatable bonds is 2. The predicted molar refractivity (Wildman–Crippen MR) is 73.1 cm³/mol. The van der Waals surface area contributed by atoms with Crippen LogP contribution in [-0.4, -0.2) is 4.57 Å². The highest BCUT2D eigenvalue weighted by atomic mass is 79.9. The van der Waals surface area contributed by atoms with Crippen LogP contribution in [0.2, 0.25) is 0 Å². The maximum absolute atomic E-state index is 13.0. The largest absolute Gasteiger partial charge is 0.394 e. The third-order valence-corrected chi connectivity index (χ3v) is 3.29. The van der Waals surface area contributed by atoms with Gasteiger partial charge in [0.15, 0.2) is 0 Å². The van der Waals surface area contributed by atoms with Crippen molar-refractivity contribution in [2.24, 2.45) is 0 Å². The molecule has 2 rings (SSSR count). The molecule has 0 amide bonds. The third kappa shape index (κ3) is 2.61. The Bertz CT molecular complexity index is 626. The predicted octanol–water partition coefficient (Wildman–Crippen LogP) is 2.69. The summed E-state index contributed by atoms with van der Waals surface area (Å²) in [7, 11) is 0. The van der Waals surface area contributed by atoms with Crippen LogP contribution in [0.4, 0.5) is 10.1 Å². The molecule has 94 valence electrons. The Morgan fingerprint density at radius 2 is 2.11 bits per heavy atom. The Morgan fingerprint density at radius 3 is 2.72 bits per heavy atom. The lowest BCUT2D eigenvalue weighted by Crippen LogP contribution is -2.13. The number of pyridine rings is 1. The molecule has 1 aromatic heterocycles. The van der Waals surface area contributed by atoms with E-state index >= 15 is 0 Å². The number of benzene rings is 1. The highest BCUT2D eigenvalue weighted by molar-refractivity contribution is 9.10. The molecule has 18 heavy (non-hydrogen) atoms. The summed E-state index contributed by atoms with van der Waals surface area (Å²) in [5.74, 6) is -0.253. The molecule has 0 unspecified atom stereocenters. The molecule has 0 saturated carbocycles. The first-order valence-electron chi connectivity index (χ1n) is 5.37. The first-order chi connectivity index (χ1) is 8.47. The van der Waals surface area contributed by atoms with Gasteiger partial charge in [-0.05, 0) is 46.1 Å². The average molecular weight is 311 g/mol. The number of halogens is 2. The van der Waals surface area contributed by atoms with Gasteiger partial charge in [-0.2, -0.15) is 0 Å². The first-order valence-corrected chi connectivity index (χ1v) is 6.17. The van der Waals surface area contributed by atoms with Crippen LogP contribution in [0.25, 0.3) is 0 Å². The lowest BCUT2D eigenvalue weighted by atomic mass is 10.1. The van der Waals surface area contributed by atoms with Crippen LogP contribution in [-0.2, 0) is 6.54 Å². The van der Waals surface area contributed by atoms with Gasteiger partial charge in [0, 0.05) is 18.9 Å². The third-order valence-electron chi connectivity index (χ3n) is 2.72. The zero-order chi connectivity index (χ0) is 13.3. The van der Waals surface area contributed by atoms with E-state index < -0.39 is 0 Å². The molecule has 2 aromatic rings. The van der Waals surface area contributed by atoms with Crippen molar-refractivity contribution in [2.45, 2.75) is 13.5 Å². The van der Waals surface area contributed by atoms with Crippen LogP contribution in [0.15, 0.2) is 39.9 Å². The number of hydrogen-bond acceptors (Lipinski definition) is 2. The summed E-state index contributed by atoms with van der Waals surface area (Å²) in [5.41, 5.74) is 7.42. The van der Waals surface area contributed by atoms with E-state index in [1.165, 1.54) is 12.1 Å². The summed E-state index contributed by atoms with van der Waals surface area (Å²) in [6.45, 7) is 2.38. The van der Waals surface area contributed by atoms with Crippen molar-refractivity contribution < 1.29 is 4.39 Å². The molecule has 0 spiro atoms. The summed E-state index contributed by atoms with van der Waals surface area (Å²) >= 11 is 3.17. The minimum atomic E-state index is -0.253. The zero-order valence-electron chi connectivity index (χ0n) is 9.78. The minimum absolute atomic E-state index is 0.184. The van der Waals surface area contributed by atoms with Gasteiger partial charge < -0.3 is 10.3 Å². The highest BCUT2D eigenvalue weighted by Crippen LogP contribution is 2.13. The molecule has 0 saturated heterocycles. The maximum Gasteiger partial charge on any atom is 0.218 e. The van der Waals surface area contributed by atoms with Gasteiger partial charge in [0.2, 0.25) is 5.43 Å². The van der Waals surface area contributed by atoms with Gasteiger partial charge >= 0.3 is 0 Å². The number of anilines is 1. The van der Waals surface area contributed by atoms with Crippen LogP contribution in [0.3, 0.4) is 0 Å². The van der Waals surface area contributed by atoms with E-state index in [9.17, 15) is 9.18 Å². The standard InChI is InChI=1S/C13H12BrFN2O/c1-8-4-10(15)3-2-9(8)5-17-6-11(14)13(18)12(16)7-17/h2-4,6-7H,5,16H2,1H3. The van der Waals surface area contributed by atoms with Gasteiger partial charge in [-0.15, -0.1) is 0 Å². The molecule has 0 aliphatic carbocycles. The van der Waals surface area contributed by atoms with Gasteiger partial charge in [0.25, 0.3) is 0 Å².